The Morgan fingerprint density at radius 1 is 1.36 bits per heavy atom. The van der Waals surface area contributed by atoms with Gasteiger partial charge in [-0.15, -0.1) is 5.10 Å². The molecule has 1 aliphatic heterocycles. The van der Waals surface area contributed by atoms with E-state index in [1.54, 1.807) is 4.57 Å². The summed E-state index contributed by atoms with van der Waals surface area (Å²) >= 11 is 1.30. The van der Waals surface area contributed by atoms with E-state index >= 15 is 0 Å². The third kappa shape index (κ3) is 4.67. The topological polar surface area (TPSA) is 89.0 Å². The first-order valence-electron chi connectivity index (χ1n) is 9.23. The van der Waals surface area contributed by atoms with Crippen LogP contribution in [0, 0.1) is 11.8 Å². The van der Waals surface area contributed by atoms with Gasteiger partial charge in [0, 0.05) is 12.6 Å². The summed E-state index contributed by atoms with van der Waals surface area (Å²) in [5.74, 6) is 1.43. The van der Waals surface area contributed by atoms with Crippen LogP contribution in [0.4, 0.5) is 0 Å². The monoisotopic (exact) mass is 368 g/mol. The molecule has 7 nitrogen and oxygen atoms in total. The van der Waals surface area contributed by atoms with E-state index < -0.39 is 0 Å². The predicted octanol–water partition coefficient (Wildman–Crippen LogP) is 1.78. The van der Waals surface area contributed by atoms with Crippen molar-refractivity contribution < 1.29 is 9.53 Å². The molecular weight excluding hydrogens is 340 g/mol. The number of rotatable bonds is 6. The summed E-state index contributed by atoms with van der Waals surface area (Å²) in [5.41, 5.74) is -0.242. The summed E-state index contributed by atoms with van der Waals surface area (Å²) in [5, 5.41) is 10.2. The van der Waals surface area contributed by atoms with Gasteiger partial charge in [-0.1, -0.05) is 38.5 Å². The van der Waals surface area contributed by atoms with Gasteiger partial charge in [-0.05, 0) is 31.1 Å². The van der Waals surface area contributed by atoms with E-state index in [0.717, 1.165) is 25.9 Å². The first kappa shape index (κ1) is 18.5. The number of hydrogen-bond acceptors (Lipinski definition) is 5. The molecule has 1 amide bonds. The van der Waals surface area contributed by atoms with Gasteiger partial charge in [-0.25, -0.2) is 9.89 Å². The van der Waals surface area contributed by atoms with Gasteiger partial charge in [-0.3, -0.25) is 9.36 Å². The maximum Gasteiger partial charge on any atom is 0.344 e. The van der Waals surface area contributed by atoms with Crippen molar-refractivity contribution in [1.29, 1.82) is 0 Å². The fourth-order valence-corrected chi connectivity index (χ4v) is 4.50. The van der Waals surface area contributed by atoms with Crippen molar-refractivity contribution in [2.75, 3.05) is 12.4 Å². The summed E-state index contributed by atoms with van der Waals surface area (Å²) in [7, 11) is 0. The van der Waals surface area contributed by atoms with Crippen molar-refractivity contribution in [1.82, 2.24) is 20.1 Å². The van der Waals surface area contributed by atoms with E-state index in [2.05, 4.69) is 29.4 Å². The number of nitrogens with zero attached hydrogens (tertiary/aromatic N) is 2. The first-order valence-corrected chi connectivity index (χ1v) is 10.2. The Labute approximate surface area is 152 Å². The molecule has 0 aromatic carbocycles. The zero-order chi connectivity index (χ0) is 17.8. The fourth-order valence-electron chi connectivity index (χ4n) is 3.73. The van der Waals surface area contributed by atoms with E-state index in [4.69, 9.17) is 4.74 Å². The van der Waals surface area contributed by atoms with Crippen LogP contribution in [0.3, 0.4) is 0 Å². The van der Waals surface area contributed by atoms with Crippen LogP contribution in [0.1, 0.15) is 46.0 Å². The minimum absolute atomic E-state index is 0.00932. The number of amides is 1. The van der Waals surface area contributed by atoms with Crippen molar-refractivity contribution in [3.8, 4) is 0 Å². The Bertz CT molecular complexity index is 638. The highest BCUT2D eigenvalue weighted by molar-refractivity contribution is 7.99. The normalized spacial score (nSPS) is 29.7. The highest BCUT2D eigenvalue weighted by Crippen LogP contribution is 2.29. The van der Waals surface area contributed by atoms with Crippen molar-refractivity contribution in [3.05, 3.63) is 10.5 Å². The van der Waals surface area contributed by atoms with E-state index in [9.17, 15) is 9.59 Å². The molecule has 2 aliphatic rings. The van der Waals surface area contributed by atoms with Crippen LogP contribution in [-0.2, 0) is 16.1 Å². The molecule has 140 valence electrons. The third-order valence-electron chi connectivity index (χ3n) is 5.52. The number of ether oxygens (including phenoxy) is 1. The van der Waals surface area contributed by atoms with Gasteiger partial charge in [-0.2, -0.15) is 0 Å². The molecule has 4 unspecified atom stereocenters. The molecule has 1 aromatic rings. The smallest absolute Gasteiger partial charge is 0.344 e. The lowest BCUT2D eigenvalue weighted by molar-refractivity contribution is -0.120. The largest absolute Gasteiger partial charge is 0.376 e. The van der Waals surface area contributed by atoms with Gasteiger partial charge in [0.25, 0.3) is 0 Å². The van der Waals surface area contributed by atoms with Crippen LogP contribution in [0.25, 0.3) is 0 Å². The van der Waals surface area contributed by atoms with Crippen LogP contribution < -0.4 is 11.0 Å². The second kappa shape index (κ2) is 8.40. The molecule has 0 bridgehead atoms. The van der Waals surface area contributed by atoms with Crippen LogP contribution in [0.2, 0.25) is 0 Å². The molecule has 25 heavy (non-hydrogen) atoms. The summed E-state index contributed by atoms with van der Waals surface area (Å²) in [6.45, 7) is 5.72. The average Bonchev–Trinajstić information content (AvgIpc) is 3.22. The summed E-state index contributed by atoms with van der Waals surface area (Å²) in [6, 6.07) is 0.255. The number of thioether (sulfide) groups is 1. The minimum Gasteiger partial charge on any atom is -0.376 e. The standard InChI is InChI=1S/C17H28N4O3S/c1-11-5-3-7-14(12(11)2)18-15(22)10-25-17-20-19-16(23)21(17)9-13-6-4-8-24-13/h11-14H,3-10H2,1-2H3,(H,18,22)(H,19,23). The molecular formula is C17H28N4O3S. The van der Waals surface area contributed by atoms with Crippen molar-refractivity contribution >= 4 is 17.7 Å². The molecule has 1 aliphatic carbocycles. The Balaban J connectivity index is 1.52. The van der Waals surface area contributed by atoms with Gasteiger partial charge < -0.3 is 10.1 Å². The maximum absolute atomic E-state index is 12.3. The first-order chi connectivity index (χ1) is 12.0. The number of nitrogens with one attached hydrogen (secondary N) is 2. The summed E-state index contributed by atoms with van der Waals surface area (Å²) < 4.78 is 7.18. The quantitative estimate of drug-likeness (QED) is 0.747. The van der Waals surface area contributed by atoms with Crippen molar-refractivity contribution in [3.63, 3.8) is 0 Å². The van der Waals surface area contributed by atoms with Gasteiger partial charge in [0.2, 0.25) is 5.91 Å². The Morgan fingerprint density at radius 2 is 2.20 bits per heavy atom. The molecule has 4 atom stereocenters. The van der Waals surface area contributed by atoms with Crippen LogP contribution in [-0.4, -0.2) is 45.2 Å². The fraction of sp³-hybridized carbons (Fsp3) is 0.824. The lowest BCUT2D eigenvalue weighted by atomic mass is 9.78. The molecule has 2 N–H and O–H groups in total. The molecule has 1 saturated carbocycles. The maximum atomic E-state index is 12.3. The number of hydrogen-bond donors (Lipinski definition) is 2. The van der Waals surface area contributed by atoms with Gasteiger partial charge in [0.1, 0.15) is 0 Å². The summed E-state index contributed by atoms with van der Waals surface area (Å²) in [4.78, 5) is 24.3. The molecule has 2 fully saturated rings. The zero-order valence-corrected chi connectivity index (χ0v) is 15.8. The number of aromatic nitrogens is 3. The Kier molecular flexibility index (Phi) is 6.22. The highest BCUT2D eigenvalue weighted by atomic mass is 32.2. The second-order valence-corrected chi connectivity index (χ2v) is 8.23. The Morgan fingerprint density at radius 3 is 2.96 bits per heavy atom. The van der Waals surface area contributed by atoms with Crippen LogP contribution in [0.15, 0.2) is 9.95 Å². The van der Waals surface area contributed by atoms with Crippen molar-refractivity contribution in [2.24, 2.45) is 11.8 Å². The third-order valence-corrected chi connectivity index (χ3v) is 6.50. The number of H-pyrrole nitrogens is 1. The lowest BCUT2D eigenvalue weighted by Gasteiger charge is -2.34. The number of aromatic amines is 1. The molecule has 1 aromatic heterocycles. The Hall–Kier alpha value is -1.28. The lowest BCUT2D eigenvalue weighted by Crippen LogP contribution is -2.44. The van der Waals surface area contributed by atoms with Crippen LogP contribution >= 0.6 is 11.8 Å². The number of carbonyl (C=O) groups excluding carboxylic acids is 1. The molecule has 0 spiro atoms. The molecule has 0 radical (unpaired) electrons. The van der Waals surface area contributed by atoms with E-state index in [1.807, 2.05) is 0 Å². The average molecular weight is 369 g/mol. The molecule has 1 saturated heterocycles. The van der Waals surface area contributed by atoms with E-state index in [-0.39, 0.29) is 29.5 Å². The van der Waals surface area contributed by atoms with Gasteiger partial charge in [0.05, 0.1) is 18.4 Å². The SMILES string of the molecule is CC1CCCC(NC(=O)CSc2n[nH]c(=O)n2CC2CCCO2)C1C. The predicted molar refractivity (Wildman–Crippen MR) is 96.7 cm³/mol. The zero-order valence-electron chi connectivity index (χ0n) is 15.0. The summed E-state index contributed by atoms with van der Waals surface area (Å²) in [6.07, 6.45) is 5.51. The van der Waals surface area contributed by atoms with Gasteiger partial charge >= 0.3 is 5.69 Å². The minimum atomic E-state index is -0.242. The number of carbonyl (C=O) groups is 1. The van der Waals surface area contributed by atoms with Gasteiger partial charge in [0.15, 0.2) is 5.16 Å². The highest BCUT2D eigenvalue weighted by Gasteiger charge is 2.28. The molecule has 8 heteroatoms. The van der Waals surface area contributed by atoms with E-state index in [1.165, 1.54) is 24.6 Å². The molecule has 2 heterocycles. The van der Waals surface area contributed by atoms with E-state index in [0.29, 0.717) is 23.5 Å². The molecule has 3 rings (SSSR count). The second-order valence-electron chi connectivity index (χ2n) is 7.29. The van der Waals surface area contributed by atoms with Crippen LogP contribution in [0.5, 0.6) is 0 Å². The van der Waals surface area contributed by atoms with Crippen molar-refractivity contribution in [2.45, 2.75) is 69.8 Å².